The maximum absolute atomic E-state index is 13.0. The number of amides is 2. The average molecular weight is 524 g/mol. The molecule has 192 valence electrons. The number of aryl methyl sites for hydroxylation is 1. The summed E-state index contributed by atoms with van der Waals surface area (Å²) in [7, 11) is 1.57. The van der Waals surface area contributed by atoms with E-state index in [2.05, 4.69) is 52.5 Å². The molecule has 1 unspecified atom stereocenters. The summed E-state index contributed by atoms with van der Waals surface area (Å²) in [6.45, 7) is 4.91. The third-order valence-corrected chi connectivity index (χ3v) is 7.59. The van der Waals surface area contributed by atoms with E-state index in [1.165, 1.54) is 22.7 Å². The first-order valence-electron chi connectivity index (χ1n) is 12.5. The number of fused-ring (bicyclic) bond motifs is 3. The summed E-state index contributed by atoms with van der Waals surface area (Å²) in [5, 5.41) is 7.98. The van der Waals surface area contributed by atoms with Gasteiger partial charge in [0.2, 0.25) is 5.91 Å². The van der Waals surface area contributed by atoms with Crippen LogP contribution in [0.3, 0.4) is 0 Å². The molecule has 4 aromatic carbocycles. The molecule has 5 aromatic rings. The molecular formula is C31H29N3O3S. The van der Waals surface area contributed by atoms with Crippen molar-refractivity contribution < 1.29 is 14.3 Å². The molecule has 0 saturated heterocycles. The fourth-order valence-corrected chi connectivity index (χ4v) is 5.43. The number of rotatable bonds is 8. The zero-order valence-corrected chi connectivity index (χ0v) is 22.3. The first-order valence-corrected chi connectivity index (χ1v) is 13.4. The van der Waals surface area contributed by atoms with Crippen LogP contribution in [0.2, 0.25) is 0 Å². The Kier molecular flexibility index (Phi) is 7.38. The van der Waals surface area contributed by atoms with Gasteiger partial charge in [0, 0.05) is 50.2 Å². The maximum atomic E-state index is 13.0. The van der Waals surface area contributed by atoms with Gasteiger partial charge in [-0.25, -0.2) is 0 Å². The summed E-state index contributed by atoms with van der Waals surface area (Å²) in [5.74, 6) is 0.351. The lowest BCUT2D eigenvalue weighted by Gasteiger charge is -2.13. The zero-order chi connectivity index (χ0) is 26.6. The number of carbonyl (C=O) groups is 2. The molecule has 1 aromatic heterocycles. The van der Waals surface area contributed by atoms with Crippen LogP contribution in [0.5, 0.6) is 5.75 Å². The Morgan fingerprint density at radius 2 is 1.58 bits per heavy atom. The molecule has 0 aliphatic heterocycles. The Hall–Kier alpha value is -4.23. The van der Waals surface area contributed by atoms with Crippen LogP contribution in [0.1, 0.15) is 24.2 Å². The molecule has 38 heavy (non-hydrogen) atoms. The van der Waals surface area contributed by atoms with E-state index in [4.69, 9.17) is 4.74 Å². The number of ether oxygens (including phenoxy) is 1. The van der Waals surface area contributed by atoms with Crippen molar-refractivity contribution >= 4 is 56.8 Å². The van der Waals surface area contributed by atoms with E-state index in [0.29, 0.717) is 17.0 Å². The molecule has 0 saturated carbocycles. The minimum Gasteiger partial charge on any atom is -0.497 e. The van der Waals surface area contributed by atoms with Crippen LogP contribution in [-0.4, -0.2) is 28.7 Å². The summed E-state index contributed by atoms with van der Waals surface area (Å²) in [4.78, 5) is 26.5. The van der Waals surface area contributed by atoms with E-state index in [-0.39, 0.29) is 17.1 Å². The van der Waals surface area contributed by atoms with Gasteiger partial charge < -0.3 is 19.9 Å². The highest BCUT2D eigenvalue weighted by Crippen LogP contribution is 2.32. The first-order chi connectivity index (χ1) is 18.5. The summed E-state index contributed by atoms with van der Waals surface area (Å²) >= 11 is 1.47. The molecule has 6 nitrogen and oxygen atoms in total. The van der Waals surface area contributed by atoms with Crippen molar-refractivity contribution in [3.63, 3.8) is 0 Å². The predicted octanol–water partition coefficient (Wildman–Crippen LogP) is 7.19. The number of carbonyl (C=O) groups excluding carboxylic acids is 2. The van der Waals surface area contributed by atoms with Crippen molar-refractivity contribution in [2.24, 2.45) is 0 Å². The monoisotopic (exact) mass is 523 g/mol. The summed E-state index contributed by atoms with van der Waals surface area (Å²) < 4.78 is 7.48. The standard InChI is InChI=1S/C31H29N3O3S/c1-4-34-28-11-6-5-10-26(28)27-19-23(14-17-29(27)34)33-30(35)20(2)38-25-15-12-22(13-16-25)32-31(36)21-8-7-9-24(18-21)37-3/h5-20H,4H2,1-3H3,(H,32,36)(H,33,35). The third kappa shape index (κ3) is 5.24. The van der Waals surface area contributed by atoms with Crippen LogP contribution in [-0.2, 0) is 11.3 Å². The normalized spacial score (nSPS) is 11.9. The minimum atomic E-state index is -0.306. The Morgan fingerprint density at radius 1 is 0.842 bits per heavy atom. The number of anilines is 2. The van der Waals surface area contributed by atoms with Gasteiger partial charge in [-0.1, -0.05) is 24.3 Å². The van der Waals surface area contributed by atoms with Crippen LogP contribution in [0.15, 0.2) is 95.9 Å². The van der Waals surface area contributed by atoms with Crippen molar-refractivity contribution in [2.75, 3.05) is 17.7 Å². The van der Waals surface area contributed by atoms with Crippen molar-refractivity contribution in [3.8, 4) is 5.75 Å². The Morgan fingerprint density at radius 3 is 2.34 bits per heavy atom. The number of benzene rings is 4. The number of aromatic nitrogens is 1. The summed E-state index contributed by atoms with van der Waals surface area (Å²) in [6, 6.07) is 28.9. The Bertz CT molecular complexity index is 1630. The van der Waals surface area contributed by atoms with Gasteiger partial charge in [0.05, 0.1) is 12.4 Å². The van der Waals surface area contributed by atoms with Gasteiger partial charge in [-0.2, -0.15) is 0 Å². The van der Waals surface area contributed by atoms with Crippen LogP contribution in [0.25, 0.3) is 21.8 Å². The molecule has 0 aliphatic rings. The SMILES string of the molecule is CCn1c2ccccc2c2cc(NC(=O)C(C)Sc3ccc(NC(=O)c4cccc(OC)c4)cc3)ccc21. The number of thioether (sulfide) groups is 1. The number of hydrogen-bond donors (Lipinski definition) is 2. The Balaban J connectivity index is 1.23. The van der Waals surface area contributed by atoms with Gasteiger partial charge in [-0.3, -0.25) is 9.59 Å². The van der Waals surface area contributed by atoms with Gasteiger partial charge in [0.15, 0.2) is 0 Å². The highest BCUT2D eigenvalue weighted by atomic mass is 32.2. The smallest absolute Gasteiger partial charge is 0.255 e. The lowest BCUT2D eigenvalue weighted by atomic mass is 10.1. The minimum absolute atomic E-state index is 0.0658. The fourth-order valence-electron chi connectivity index (χ4n) is 4.56. The van der Waals surface area contributed by atoms with Gasteiger partial charge in [0.25, 0.3) is 5.91 Å². The van der Waals surface area contributed by atoms with E-state index in [0.717, 1.165) is 28.0 Å². The molecule has 0 fully saturated rings. The number of nitrogens with zero attached hydrogens (tertiary/aromatic N) is 1. The van der Waals surface area contributed by atoms with Gasteiger partial charge >= 0.3 is 0 Å². The largest absolute Gasteiger partial charge is 0.497 e. The number of hydrogen-bond acceptors (Lipinski definition) is 4. The zero-order valence-electron chi connectivity index (χ0n) is 21.5. The first kappa shape index (κ1) is 25.4. The Labute approximate surface area is 226 Å². The van der Waals surface area contributed by atoms with Crippen molar-refractivity contribution in [2.45, 2.75) is 30.5 Å². The van der Waals surface area contributed by atoms with Gasteiger partial charge in [-0.05, 0) is 80.6 Å². The molecule has 1 heterocycles. The van der Waals surface area contributed by atoms with E-state index in [1.54, 1.807) is 31.4 Å². The van der Waals surface area contributed by atoms with E-state index in [9.17, 15) is 9.59 Å². The van der Waals surface area contributed by atoms with Crippen LogP contribution in [0, 0.1) is 0 Å². The van der Waals surface area contributed by atoms with Crippen LogP contribution in [0.4, 0.5) is 11.4 Å². The molecule has 0 radical (unpaired) electrons. The average Bonchev–Trinajstić information content (AvgIpc) is 3.27. The highest BCUT2D eigenvalue weighted by molar-refractivity contribution is 8.00. The fraction of sp³-hybridized carbons (Fsp3) is 0.161. The van der Waals surface area contributed by atoms with Crippen molar-refractivity contribution in [3.05, 3.63) is 96.6 Å². The maximum Gasteiger partial charge on any atom is 0.255 e. The molecular weight excluding hydrogens is 494 g/mol. The molecule has 0 spiro atoms. The lowest BCUT2D eigenvalue weighted by molar-refractivity contribution is -0.115. The lowest BCUT2D eigenvalue weighted by Crippen LogP contribution is -2.22. The van der Waals surface area contributed by atoms with E-state index < -0.39 is 0 Å². The van der Waals surface area contributed by atoms with E-state index >= 15 is 0 Å². The van der Waals surface area contributed by atoms with Crippen LogP contribution < -0.4 is 15.4 Å². The molecule has 0 bridgehead atoms. The number of nitrogens with one attached hydrogen (secondary N) is 2. The summed E-state index contributed by atoms with van der Waals surface area (Å²) in [5.41, 5.74) is 4.34. The topological polar surface area (TPSA) is 72.4 Å². The van der Waals surface area contributed by atoms with Gasteiger partial charge in [0.1, 0.15) is 5.75 Å². The highest BCUT2D eigenvalue weighted by Gasteiger charge is 2.16. The molecule has 2 N–H and O–H groups in total. The third-order valence-electron chi connectivity index (χ3n) is 6.48. The number of para-hydroxylation sites is 1. The number of methoxy groups -OCH3 is 1. The molecule has 5 rings (SSSR count). The molecule has 0 aliphatic carbocycles. The summed E-state index contributed by atoms with van der Waals surface area (Å²) in [6.07, 6.45) is 0. The second kappa shape index (κ2) is 11.0. The predicted molar refractivity (Wildman–Crippen MR) is 156 cm³/mol. The molecule has 7 heteroatoms. The molecule has 1 atom stereocenters. The molecule has 2 amide bonds. The van der Waals surface area contributed by atoms with Crippen molar-refractivity contribution in [1.29, 1.82) is 0 Å². The van der Waals surface area contributed by atoms with Crippen molar-refractivity contribution in [1.82, 2.24) is 4.57 Å². The van der Waals surface area contributed by atoms with E-state index in [1.807, 2.05) is 43.3 Å². The second-order valence-electron chi connectivity index (χ2n) is 8.95. The second-order valence-corrected chi connectivity index (χ2v) is 10.4. The van der Waals surface area contributed by atoms with Gasteiger partial charge in [-0.15, -0.1) is 11.8 Å². The quantitative estimate of drug-likeness (QED) is 0.211. The van der Waals surface area contributed by atoms with Crippen LogP contribution >= 0.6 is 11.8 Å².